The van der Waals surface area contributed by atoms with Gasteiger partial charge in [-0.05, 0) is 32.4 Å². The van der Waals surface area contributed by atoms with Crippen LogP contribution in [-0.4, -0.2) is 28.0 Å². The van der Waals surface area contributed by atoms with E-state index in [-0.39, 0.29) is 11.4 Å². The fourth-order valence-electron chi connectivity index (χ4n) is 2.14. The highest BCUT2D eigenvalue weighted by Gasteiger charge is 2.33. The summed E-state index contributed by atoms with van der Waals surface area (Å²) in [6.07, 6.45) is 2.35. The summed E-state index contributed by atoms with van der Waals surface area (Å²) in [5.41, 5.74) is -0.113. The van der Waals surface area contributed by atoms with E-state index in [0.29, 0.717) is 12.3 Å². The fraction of sp³-hybridized carbons (Fsp3) is 0.667. The summed E-state index contributed by atoms with van der Waals surface area (Å²) in [6, 6.07) is 1.91. The van der Waals surface area contributed by atoms with Crippen molar-refractivity contribution >= 4 is 24.4 Å². The van der Waals surface area contributed by atoms with Gasteiger partial charge >= 0.3 is 0 Å². The highest BCUT2D eigenvalue weighted by molar-refractivity contribution is 7.80. The van der Waals surface area contributed by atoms with Crippen LogP contribution in [0.2, 0.25) is 0 Å². The molecule has 4 nitrogen and oxygen atoms in total. The second-order valence-corrected chi connectivity index (χ2v) is 5.89. The Morgan fingerprint density at radius 2 is 2.24 bits per heavy atom. The number of anilines is 1. The second-order valence-electron chi connectivity index (χ2n) is 5.53. The molecule has 1 saturated heterocycles. The predicted molar refractivity (Wildman–Crippen MR) is 71.5 cm³/mol. The monoisotopic (exact) mass is 253 g/mol. The molecule has 1 unspecified atom stereocenters. The molecule has 0 aromatic carbocycles. The maximum absolute atomic E-state index is 12.0. The van der Waals surface area contributed by atoms with Crippen LogP contribution in [0.15, 0.2) is 12.3 Å². The van der Waals surface area contributed by atoms with E-state index in [9.17, 15) is 4.79 Å². The van der Waals surface area contributed by atoms with Crippen LogP contribution in [0, 0.1) is 5.92 Å². The SMILES string of the molecule is CC(C)(C)n1nccc1N1CC(CS)CC1=O. The van der Waals surface area contributed by atoms with Gasteiger partial charge in [-0.1, -0.05) is 0 Å². The Morgan fingerprint density at radius 1 is 1.53 bits per heavy atom. The number of amides is 1. The van der Waals surface area contributed by atoms with E-state index in [1.807, 2.05) is 15.6 Å². The quantitative estimate of drug-likeness (QED) is 0.818. The topological polar surface area (TPSA) is 38.1 Å². The van der Waals surface area contributed by atoms with Gasteiger partial charge in [0.15, 0.2) is 0 Å². The van der Waals surface area contributed by atoms with Crippen molar-refractivity contribution < 1.29 is 4.79 Å². The number of rotatable bonds is 2. The molecule has 1 aromatic heterocycles. The minimum Gasteiger partial charge on any atom is -0.297 e. The molecule has 0 saturated carbocycles. The summed E-state index contributed by atoms with van der Waals surface area (Å²) >= 11 is 4.28. The highest BCUT2D eigenvalue weighted by atomic mass is 32.1. The Morgan fingerprint density at radius 3 is 2.76 bits per heavy atom. The second kappa shape index (κ2) is 4.37. The summed E-state index contributed by atoms with van der Waals surface area (Å²) < 4.78 is 1.91. The summed E-state index contributed by atoms with van der Waals surface area (Å²) in [5, 5.41) is 4.32. The first-order valence-corrected chi connectivity index (χ1v) is 6.52. The zero-order chi connectivity index (χ0) is 12.6. The van der Waals surface area contributed by atoms with Gasteiger partial charge in [0.05, 0.1) is 11.7 Å². The smallest absolute Gasteiger partial charge is 0.228 e. The maximum atomic E-state index is 12.0. The molecule has 0 aliphatic carbocycles. The van der Waals surface area contributed by atoms with E-state index < -0.39 is 0 Å². The van der Waals surface area contributed by atoms with Crippen LogP contribution in [0.4, 0.5) is 5.82 Å². The maximum Gasteiger partial charge on any atom is 0.228 e. The third-order valence-electron chi connectivity index (χ3n) is 3.00. The van der Waals surface area contributed by atoms with E-state index in [0.717, 1.165) is 18.1 Å². The zero-order valence-electron chi connectivity index (χ0n) is 10.6. The van der Waals surface area contributed by atoms with Gasteiger partial charge in [-0.3, -0.25) is 9.69 Å². The van der Waals surface area contributed by atoms with Crippen molar-refractivity contribution in [1.29, 1.82) is 0 Å². The van der Waals surface area contributed by atoms with Crippen molar-refractivity contribution in [1.82, 2.24) is 9.78 Å². The average molecular weight is 253 g/mol. The molecule has 1 aromatic rings. The Labute approximate surface area is 107 Å². The lowest BCUT2D eigenvalue weighted by Gasteiger charge is -2.26. The Hall–Kier alpha value is -0.970. The summed E-state index contributed by atoms with van der Waals surface area (Å²) in [5.74, 6) is 2.18. The molecule has 94 valence electrons. The lowest BCUT2D eigenvalue weighted by molar-refractivity contribution is -0.117. The first-order valence-electron chi connectivity index (χ1n) is 5.89. The Balaban J connectivity index is 2.30. The molecule has 2 heterocycles. The zero-order valence-corrected chi connectivity index (χ0v) is 11.4. The van der Waals surface area contributed by atoms with Gasteiger partial charge in [-0.2, -0.15) is 17.7 Å². The normalized spacial score (nSPS) is 21.3. The standard InChI is InChI=1S/C12H19N3OS/c1-12(2,3)15-10(4-5-13-15)14-7-9(8-17)6-11(14)16/h4-5,9,17H,6-8H2,1-3H3. The largest absolute Gasteiger partial charge is 0.297 e. The number of carbonyl (C=O) groups excluding carboxylic acids is 1. The first-order chi connectivity index (χ1) is 7.93. The summed E-state index contributed by atoms with van der Waals surface area (Å²) in [7, 11) is 0. The van der Waals surface area contributed by atoms with Crippen LogP contribution < -0.4 is 4.90 Å². The highest BCUT2D eigenvalue weighted by Crippen LogP contribution is 2.28. The Bertz CT molecular complexity index is 422. The summed E-state index contributed by atoms with van der Waals surface area (Å²) in [6.45, 7) is 7.00. The van der Waals surface area contributed by atoms with Crippen LogP contribution in [0.5, 0.6) is 0 Å². The van der Waals surface area contributed by atoms with Gasteiger partial charge in [-0.25, -0.2) is 4.68 Å². The molecule has 2 rings (SSSR count). The van der Waals surface area contributed by atoms with Gasteiger partial charge in [0.2, 0.25) is 5.91 Å². The molecule has 0 radical (unpaired) electrons. The molecular weight excluding hydrogens is 234 g/mol. The van der Waals surface area contributed by atoms with Crippen molar-refractivity contribution in [2.45, 2.75) is 32.7 Å². The van der Waals surface area contributed by atoms with Gasteiger partial charge in [-0.15, -0.1) is 0 Å². The molecule has 17 heavy (non-hydrogen) atoms. The van der Waals surface area contributed by atoms with Crippen LogP contribution in [-0.2, 0) is 10.3 Å². The van der Waals surface area contributed by atoms with Crippen LogP contribution in [0.3, 0.4) is 0 Å². The van der Waals surface area contributed by atoms with Gasteiger partial charge in [0, 0.05) is 19.0 Å². The molecule has 5 heteroatoms. The van der Waals surface area contributed by atoms with Gasteiger partial charge < -0.3 is 0 Å². The van der Waals surface area contributed by atoms with Gasteiger partial charge in [0.1, 0.15) is 5.82 Å². The van der Waals surface area contributed by atoms with Gasteiger partial charge in [0.25, 0.3) is 0 Å². The Kier molecular flexibility index (Phi) is 3.21. The van der Waals surface area contributed by atoms with E-state index in [1.165, 1.54) is 0 Å². The van der Waals surface area contributed by atoms with Crippen LogP contribution in [0.1, 0.15) is 27.2 Å². The average Bonchev–Trinajstić information content (AvgIpc) is 2.81. The minimum absolute atomic E-state index is 0.113. The third-order valence-corrected chi connectivity index (χ3v) is 3.51. The van der Waals surface area contributed by atoms with Crippen molar-refractivity contribution in [2.24, 2.45) is 5.92 Å². The molecule has 1 amide bonds. The molecular formula is C12H19N3OS. The van der Waals surface area contributed by atoms with Crippen molar-refractivity contribution in [3.8, 4) is 0 Å². The lowest BCUT2D eigenvalue weighted by Crippen LogP contribution is -2.32. The fourth-order valence-corrected chi connectivity index (χ4v) is 2.39. The van der Waals surface area contributed by atoms with E-state index in [4.69, 9.17) is 0 Å². The first kappa shape index (κ1) is 12.5. The number of thiol groups is 1. The molecule has 0 N–H and O–H groups in total. The number of carbonyl (C=O) groups is 1. The van der Waals surface area contributed by atoms with Crippen molar-refractivity contribution in [2.75, 3.05) is 17.2 Å². The van der Waals surface area contributed by atoms with Crippen LogP contribution in [0.25, 0.3) is 0 Å². The summed E-state index contributed by atoms with van der Waals surface area (Å²) in [4.78, 5) is 13.8. The van der Waals surface area contributed by atoms with Crippen LogP contribution >= 0.6 is 12.6 Å². The molecule has 1 atom stereocenters. The van der Waals surface area contributed by atoms with E-state index >= 15 is 0 Å². The number of aromatic nitrogens is 2. The van der Waals surface area contributed by atoms with Crippen molar-refractivity contribution in [3.05, 3.63) is 12.3 Å². The third kappa shape index (κ3) is 2.34. The van der Waals surface area contributed by atoms with E-state index in [1.54, 1.807) is 6.20 Å². The van der Waals surface area contributed by atoms with E-state index in [2.05, 4.69) is 38.5 Å². The molecule has 1 aliphatic heterocycles. The van der Waals surface area contributed by atoms with Crippen molar-refractivity contribution in [3.63, 3.8) is 0 Å². The predicted octanol–water partition coefficient (Wildman–Crippen LogP) is 1.92. The number of nitrogens with zero attached hydrogens (tertiary/aromatic N) is 3. The molecule has 1 aliphatic rings. The number of hydrogen-bond donors (Lipinski definition) is 1. The molecule has 0 bridgehead atoms. The minimum atomic E-state index is -0.113. The molecule has 0 spiro atoms. The molecule has 1 fully saturated rings. The number of hydrogen-bond acceptors (Lipinski definition) is 3. The lowest BCUT2D eigenvalue weighted by atomic mass is 10.1.